The fourth-order valence-electron chi connectivity index (χ4n) is 9.46. The minimum absolute atomic E-state index is 0.0845. The summed E-state index contributed by atoms with van der Waals surface area (Å²) in [5.41, 5.74) is -3.49. The molecule has 0 aromatic heterocycles. The number of halogens is 26. The Balaban J connectivity index is 1.60. The van der Waals surface area contributed by atoms with Crippen molar-refractivity contribution in [1.29, 1.82) is 0 Å². The molecule has 0 saturated carbocycles. The molecule has 2 atom stereocenters. The van der Waals surface area contributed by atoms with Crippen LogP contribution in [0.1, 0.15) is 172 Å². The standard InChI is InChI=1S/C66H64F26O4S2/c1-51(2,3)39-31-41(47(35-19-15-13-16-20-35)97-29-27-55(67,68)57(71,72)59(75,76)61(79,80)63(83,84)65(87,88)89)45(43(33-39)53(7,8)9)95-49(93)37-23-25-38(26-24-37)50(94)96-46-42(32-40(52(4,5)6)34-44(46)54(10,11)12)48(36-21-17-14-18-22-36)98-30-28-56(69,70)58(73,74)60(77,78)62(81,82)64(85,86)66(90,91)92/h13-26,31-34,47-48H,27-30H2,1-12H3. The van der Waals surface area contributed by atoms with Crippen molar-refractivity contribution in [3.05, 3.63) is 165 Å². The van der Waals surface area contributed by atoms with Gasteiger partial charge in [-0.25, -0.2) is 9.59 Å². The van der Waals surface area contributed by atoms with Gasteiger partial charge in [0.05, 0.1) is 21.6 Å². The predicted molar refractivity (Wildman–Crippen MR) is 316 cm³/mol. The Bertz CT molecular complexity index is 3380. The number of ether oxygens (including phenoxy) is 2. The van der Waals surface area contributed by atoms with Gasteiger partial charge < -0.3 is 9.47 Å². The van der Waals surface area contributed by atoms with E-state index in [-0.39, 0.29) is 79.5 Å². The van der Waals surface area contributed by atoms with Gasteiger partial charge >= 0.3 is 83.5 Å². The van der Waals surface area contributed by atoms with Crippen molar-refractivity contribution in [3.63, 3.8) is 0 Å². The van der Waals surface area contributed by atoms with E-state index in [1.807, 2.05) is 0 Å². The molecule has 0 radical (unpaired) electrons. The minimum atomic E-state index is -8.13. The summed E-state index contributed by atoms with van der Waals surface area (Å²) in [6.07, 6.45) is -20.4. The summed E-state index contributed by atoms with van der Waals surface area (Å²) in [5.74, 6) is -82.4. The number of esters is 2. The van der Waals surface area contributed by atoms with Crippen molar-refractivity contribution in [2.24, 2.45) is 0 Å². The molecule has 0 aliphatic heterocycles. The Kier molecular flexibility index (Phi) is 23.1. The number of alkyl halides is 26. The van der Waals surface area contributed by atoms with Crippen LogP contribution < -0.4 is 9.47 Å². The Morgan fingerprint density at radius 1 is 0.337 bits per heavy atom. The molecule has 0 spiro atoms. The van der Waals surface area contributed by atoms with Gasteiger partial charge in [-0.15, -0.1) is 23.5 Å². The average molecular weight is 1480 g/mol. The number of carbonyl (C=O) groups excluding carboxylic acids is 2. The quantitative estimate of drug-likeness (QED) is 0.0349. The number of hydrogen-bond acceptors (Lipinski definition) is 6. The van der Waals surface area contributed by atoms with Crippen LogP contribution in [0, 0.1) is 0 Å². The van der Waals surface area contributed by atoms with Gasteiger partial charge in [-0.05, 0) is 68.2 Å². The lowest BCUT2D eigenvalue weighted by Crippen LogP contribution is -2.70. The lowest BCUT2D eigenvalue weighted by atomic mass is 9.78. The van der Waals surface area contributed by atoms with Gasteiger partial charge in [0.2, 0.25) is 0 Å². The maximum Gasteiger partial charge on any atom is 0.460 e. The summed E-state index contributed by atoms with van der Waals surface area (Å²) in [5, 5.41) is -3.00. The van der Waals surface area contributed by atoms with E-state index in [4.69, 9.17) is 9.47 Å². The normalized spacial score (nSPS) is 15.1. The Hall–Kier alpha value is -6.08. The van der Waals surface area contributed by atoms with Crippen LogP contribution in [-0.2, 0) is 21.7 Å². The van der Waals surface area contributed by atoms with Gasteiger partial charge in [-0.2, -0.15) is 114 Å². The first-order valence-electron chi connectivity index (χ1n) is 29.0. The van der Waals surface area contributed by atoms with Crippen LogP contribution in [0.3, 0.4) is 0 Å². The van der Waals surface area contributed by atoms with Crippen molar-refractivity contribution in [3.8, 4) is 11.5 Å². The van der Waals surface area contributed by atoms with Crippen LogP contribution in [0.4, 0.5) is 114 Å². The third-order valence-corrected chi connectivity index (χ3v) is 18.1. The number of benzene rings is 5. The van der Waals surface area contributed by atoms with Gasteiger partial charge in [0.15, 0.2) is 0 Å². The van der Waals surface area contributed by atoms with Crippen LogP contribution >= 0.6 is 23.5 Å². The highest BCUT2D eigenvalue weighted by Crippen LogP contribution is 2.63. The number of thioether (sulfide) groups is 2. The fourth-order valence-corrected chi connectivity index (χ4v) is 12.1. The SMILES string of the molecule is CC(C)(C)c1cc(C(SCCC(F)(F)C(F)(F)C(F)(F)C(F)(F)C(F)(F)C(F)(F)F)c2ccccc2)c(OC(=O)c2ccc(C(=O)Oc3c(C(SCCC(F)(F)C(F)(F)C(F)(F)C(F)(F)C(F)(F)C(F)(F)F)c4ccccc4)cc(C(C)(C)C)cc3C(C)(C)C)cc2)c(C(C)(C)C)c1. The van der Waals surface area contributed by atoms with Gasteiger partial charge in [0, 0.05) is 46.6 Å². The van der Waals surface area contributed by atoms with E-state index in [0.29, 0.717) is 11.1 Å². The van der Waals surface area contributed by atoms with E-state index in [2.05, 4.69) is 0 Å². The van der Waals surface area contributed by atoms with Gasteiger partial charge in [-0.1, -0.05) is 168 Å². The second kappa shape index (κ2) is 27.4. The molecule has 0 fully saturated rings. The van der Waals surface area contributed by atoms with Crippen LogP contribution in [0.25, 0.3) is 0 Å². The second-order valence-corrected chi connectivity index (χ2v) is 29.5. The molecule has 5 rings (SSSR count). The largest absolute Gasteiger partial charge is 0.460 e. The van der Waals surface area contributed by atoms with E-state index >= 15 is 17.6 Å². The third-order valence-electron chi connectivity index (χ3n) is 15.5. The van der Waals surface area contributed by atoms with Crippen LogP contribution in [0.2, 0.25) is 0 Å². The van der Waals surface area contributed by atoms with Gasteiger partial charge in [-0.3, -0.25) is 0 Å². The zero-order valence-corrected chi connectivity index (χ0v) is 55.3. The Morgan fingerprint density at radius 2 is 0.592 bits per heavy atom. The molecule has 0 saturated heterocycles. The molecule has 0 heterocycles. The second-order valence-electron chi connectivity index (χ2n) is 27.1. The molecular weight excluding hydrogens is 1410 g/mol. The molecule has 5 aromatic rings. The van der Waals surface area contributed by atoms with Gasteiger partial charge in [0.25, 0.3) is 0 Å². The van der Waals surface area contributed by atoms with Crippen LogP contribution in [0.5, 0.6) is 11.5 Å². The maximum atomic E-state index is 15.4. The number of rotatable bonds is 24. The molecular formula is C66H64F26O4S2. The molecule has 0 N–H and O–H groups in total. The summed E-state index contributed by atoms with van der Waals surface area (Å²) in [6, 6.07) is 23.8. The van der Waals surface area contributed by atoms with Crippen molar-refractivity contribution in [2.45, 2.75) is 200 Å². The highest BCUT2D eigenvalue weighted by Gasteiger charge is 2.92. The Morgan fingerprint density at radius 3 is 0.827 bits per heavy atom. The van der Waals surface area contributed by atoms with E-state index < -0.39 is 140 Å². The van der Waals surface area contributed by atoms with Crippen LogP contribution in [0.15, 0.2) is 109 Å². The molecule has 4 nitrogen and oxygen atoms in total. The lowest BCUT2D eigenvalue weighted by molar-refractivity contribution is -0.439. The van der Waals surface area contributed by atoms with Crippen molar-refractivity contribution in [2.75, 3.05) is 11.5 Å². The smallest absolute Gasteiger partial charge is 0.422 e. The maximum absolute atomic E-state index is 15.4. The van der Waals surface area contributed by atoms with Crippen LogP contribution in [-0.4, -0.2) is 95.0 Å². The highest BCUT2D eigenvalue weighted by molar-refractivity contribution is 7.99. The number of hydrogen-bond donors (Lipinski definition) is 0. The van der Waals surface area contributed by atoms with Crippen molar-refractivity contribution >= 4 is 35.5 Å². The van der Waals surface area contributed by atoms with E-state index in [0.717, 1.165) is 24.3 Å². The topological polar surface area (TPSA) is 52.6 Å². The Labute approximate surface area is 554 Å². The molecule has 32 heteroatoms. The zero-order valence-electron chi connectivity index (χ0n) is 53.7. The third kappa shape index (κ3) is 15.8. The first-order chi connectivity index (χ1) is 43.8. The van der Waals surface area contributed by atoms with E-state index in [1.165, 1.54) is 72.8 Å². The molecule has 98 heavy (non-hydrogen) atoms. The molecule has 546 valence electrons. The van der Waals surface area contributed by atoms with Crippen molar-refractivity contribution < 1.29 is 133 Å². The molecule has 0 amide bonds. The van der Waals surface area contributed by atoms with Crippen molar-refractivity contribution in [1.82, 2.24) is 0 Å². The first-order valence-corrected chi connectivity index (χ1v) is 31.1. The summed E-state index contributed by atoms with van der Waals surface area (Å²) in [7, 11) is 0. The minimum Gasteiger partial charge on any atom is -0.422 e. The first kappa shape index (κ1) is 82.6. The van der Waals surface area contributed by atoms with E-state index in [9.17, 15) is 106 Å². The predicted octanol–water partition coefficient (Wildman–Crippen LogP) is 23.2. The number of carbonyl (C=O) groups is 2. The zero-order chi connectivity index (χ0) is 75.6. The molecule has 0 aliphatic carbocycles. The summed E-state index contributed by atoms with van der Waals surface area (Å²) >= 11 is 0.442. The summed E-state index contributed by atoms with van der Waals surface area (Å²) in [4.78, 5) is 29.0. The lowest BCUT2D eigenvalue weighted by Gasteiger charge is -2.39. The summed E-state index contributed by atoms with van der Waals surface area (Å²) in [6.45, 7) is 19.9. The van der Waals surface area contributed by atoms with Gasteiger partial charge in [0.1, 0.15) is 11.5 Å². The fraction of sp³-hybridized carbons (Fsp3) is 0.515. The monoisotopic (exact) mass is 1480 g/mol. The van der Waals surface area contributed by atoms with E-state index in [1.54, 1.807) is 95.2 Å². The molecule has 0 aliphatic rings. The average Bonchev–Trinajstić information content (AvgIpc) is 0.718. The summed E-state index contributed by atoms with van der Waals surface area (Å²) < 4.78 is 381. The highest BCUT2D eigenvalue weighted by atomic mass is 32.2. The molecule has 5 aromatic carbocycles. The molecule has 0 bridgehead atoms. The molecule has 2 unspecified atom stereocenters.